The predicted octanol–water partition coefficient (Wildman–Crippen LogP) is 3.30. The average molecular weight is 434 g/mol. The van der Waals surface area contributed by atoms with Gasteiger partial charge in [0.1, 0.15) is 11.6 Å². The third-order valence-electron chi connectivity index (χ3n) is 4.83. The first-order chi connectivity index (χ1) is 14.6. The van der Waals surface area contributed by atoms with Gasteiger partial charge in [-0.3, -0.25) is 4.99 Å². The molecule has 0 saturated carbocycles. The van der Waals surface area contributed by atoms with Crippen LogP contribution in [0, 0.1) is 0 Å². The van der Waals surface area contributed by atoms with E-state index in [1.165, 1.54) is 4.88 Å². The van der Waals surface area contributed by atoms with E-state index in [-0.39, 0.29) is 0 Å². The first-order valence-electron chi connectivity index (χ1n) is 10.5. The topological polar surface area (TPSA) is 71.0 Å². The number of aromatic nitrogens is 1. The third-order valence-corrected chi connectivity index (χ3v) is 5.97. The van der Waals surface area contributed by atoms with Gasteiger partial charge in [-0.25, -0.2) is 4.98 Å². The highest BCUT2D eigenvalue weighted by Gasteiger charge is 2.08. The van der Waals surface area contributed by atoms with Crippen LogP contribution >= 0.6 is 11.3 Å². The van der Waals surface area contributed by atoms with Crippen LogP contribution in [0.1, 0.15) is 36.2 Å². The number of nitrogens with one attached hydrogen (secondary N) is 2. The number of hydrogen-bond donors (Lipinski definition) is 2. The monoisotopic (exact) mass is 433 g/mol. The van der Waals surface area contributed by atoms with Crippen LogP contribution in [-0.4, -0.2) is 56.2 Å². The lowest BCUT2D eigenvalue weighted by atomic mass is 10.2. The summed E-state index contributed by atoms with van der Waals surface area (Å²) in [4.78, 5) is 12.3. The Balaban J connectivity index is 1.86. The van der Waals surface area contributed by atoms with Crippen molar-refractivity contribution in [3.8, 4) is 11.5 Å². The fourth-order valence-corrected chi connectivity index (χ4v) is 3.73. The maximum Gasteiger partial charge on any atom is 0.191 e. The molecular formula is C22H35N5O2S. The zero-order chi connectivity index (χ0) is 21.8. The van der Waals surface area contributed by atoms with Gasteiger partial charge in [0, 0.05) is 31.2 Å². The van der Waals surface area contributed by atoms with Crippen molar-refractivity contribution in [3.63, 3.8) is 0 Å². The second-order valence-corrected chi connectivity index (χ2v) is 7.91. The zero-order valence-electron chi connectivity index (χ0n) is 18.8. The SMILES string of the molecule is CCc1cnc(CNC(=NC)NCc2ccc(OCCN(CC)CC)c(OC)c2)s1. The van der Waals surface area contributed by atoms with Crippen molar-refractivity contribution < 1.29 is 9.47 Å². The molecule has 0 unspecified atom stereocenters. The normalized spacial score (nSPS) is 11.6. The average Bonchev–Trinajstić information content (AvgIpc) is 3.25. The quantitative estimate of drug-likeness (QED) is 0.395. The summed E-state index contributed by atoms with van der Waals surface area (Å²) < 4.78 is 11.5. The number of guanidine groups is 1. The number of nitrogens with zero attached hydrogens (tertiary/aromatic N) is 3. The van der Waals surface area contributed by atoms with Gasteiger partial charge < -0.3 is 25.0 Å². The van der Waals surface area contributed by atoms with Crippen molar-refractivity contribution in [2.24, 2.45) is 4.99 Å². The molecule has 0 radical (unpaired) electrons. The lowest BCUT2D eigenvalue weighted by Crippen LogP contribution is -2.36. The minimum atomic E-state index is 0.633. The van der Waals surface area contributed by atoms with Crippen molar-refractivity contribution >= 4 is 17.3 Å². The van der Waals surface area contributed by atoms with Gasteiger partial charge in [0.05, 0.1) is 13.7 Å². The Kier molecular flexibility index (Phi) is 10.4. The molecular weight excluding hydrogens is 398 g/mol. The van der Waals surface area contributed by atoms with E-state index < -0.39 is 0 Å². The number of benzene rings is 1. The molecule has 1 heterocycles. The smallest absolute Gasteiger partial charge is 0.191 e. The molecule has 8 heteroatoms. The molecule has 0 bridgehead atoms. The lowest BCUT2D eigenvalue weighted by Gasteiger charge is -2.19. The Morgan fingerprint density at radius 3 is 2.53 bits per heavy atom. The van der Waals surface area contributed by atoms with Crippen LogP contribution in [-0.2, 0) is 19.5 Å². The van der Waals surface area contributed by atoms with Gasteiger partial charge in [0.25, 0.3) is 0 Å². The van der Waals surface area contributed by atoms with E-state index in [2.05, 4.69) is 46.3 Å². The molecule has 0 aliphatic carbocycles. The number of methoxy groups -OCH3 is 1. The van der Waals surface area contributed by atoms with E-state index in [9.17, 15) is 0 Å². The molecule has 30 heavy (non-hydrogen) atoms. The largest absolute Gasteiger partial charge is 0.493 e. The van der Waals surface area contributed by atoms with E-state index in [4.69, 9.17) is 9.47 Å². The summed E-state index contributed by atoms with van der Waals surface area (Å²) in [5.74, 6) is 2.25. The number of rotatable bonds is 12. The molecule has 2 N–H and O–H groups in total. The van der Waals surface area contributed by atoms with Gasteiger partial charge in [-0.15, -0.1) is 11.3 Å². The van der Waals surface area contributed by atoms with Gasteiger partial charge in [0.2, 0.25) is 0 Å². The van der Waals surface area contributed by atoms with E-state index in [1.54, 1.807) is 25.5 Å². The molecule has 0 aliphatic rings. The Morgan fingerprint density at radius 2 is 1.90 bits per heavy atom. The van der Waals surface area contributed by atoms with Gasteiger partial charge in [-0.1, -0.05) is 26.8 Å². The summed E-state index contributed by atoms with van der Waals surface area (Å²) in [6.45, 7) is 11.4. The lowest BCUT2D eigenvalue weighted by molar-refractivity contribution is 0.217. The summed E-state index contributed by atoms with van der Waals surface area (Å²) in [6, 6.07) is 6.02. The van der Waals surface area contributed by atoms with Gasteiger partial charge in [-0.2, -0.15) is 0 Å². The Hall–Kier alpha value is -2.32. The predicted molar refractivity (Wildman–Crippen MR) is 125 cm³/mol. The van der Waals surface area contributed by atoms with Gasteiger partial charge in [0.15, 0.2) is 17.5 Å². The minimum Gasteiger partial charge on any atom is -0.493 e. The number of ether oxygens (including phenoxy) is 2. The molecule has 1 aromatic carbocycles. The Labute approximate surface area is 184 Å². The second kappa shape index (κ2) is 13.1. The highest BCUT2D eigenvalue weighted by Crippen LogP contribution is 2.28. The molecule has 0 aliphatic heterocycles. The molecule has 0 saturated heterocycles. The summed E-state index contributed by atoms with van der Waals surface area (Å²) in [5, 5.41) is 7.70. The molecule has 2 rings (SSSR count). The van der Waals surface area contributed by atoms with Crippen LogP contribution in [0.2, 0.25) is 0 Å². The maximum atomic E-state index is 5.93. The molecule has 0 amide bonds. The van der Waals surface area contributed by atoms with Crippen molar-refractivity contribution in [2.75, 3.05) is 40.4 Å². The molecule has 166 valence electrons. The third kappa shape index (κ3) is 7.50. The molecule has 2 aromatic rings. The Morgan fingerprint density at radius 1 is 1.13 bits per heavy atom. The molecule has 0 fully saturated rings. The molecule has 1 aromatic heterocycles. The summed E-state index contributed by atoms with van der Waals surface area (Å²) in [5.41, 5.74) is 1.09. The van der Waals surface area contributed by atoms with Crippen LogP contribution in [0.4, 0.5) is 0 Å². The van der Waals surface area contributed by atoms with Gasteiger partial charge >= 0.3 is 0 Å². The van der Waals surface area contributed by atoms with Crippen LogP contribution in [0.15, 0.2) is 29.4 Å². The summed E-state index contributed by atoms with van der Waals surface area (Å²) >= 11 is 1.73. The van der Waals surface area contributed by atoms with E-state index in [1.807, 2.05) is 24.4 Å². The first kappa shape index (κ1) is 24.0. The van der Waals surface area contributed by atoms with Crippen LogP contribution < -0.4 is 20.1 Å². The maximum absolute atomic E-state index is 5.93. The highest BCUT2D eigenvalue weighted by molar-refractivity contribution is 7.11. The van der Waals surface area contributed by atoms with Crippen molar-refractivity contribution in [3.05, 3.63) is 39.8 Å². The van der Waals surface area contributed by atoms with E-state index in [0.717, 1.165) is 54.1 Å². The minimum absolute atomic E-state index is 0.633. The van der Waals surface area contributed by atoms with Crippen molar-refractivity contribution in [1.29, 1.82) is 0 Å². The molecule has 0 spiro atoms. The fraction of sp³-hybridized carbons (Fsp3) is 0.545. The summed E-state index contributed by atoms with van der Waals surface area (Å²) in [7, 11) is 3.44. The second-order valence-electron chi connectivity index (χ2n) is 6.71. The van der Waals surface area contributed by atoms with Crippen LogP contribution in [0.5, 0.6) is 11.5 Å². The standard InChI is InChI=1S/C22H35N5O2S/c1-6-18-15-24-21(30-18)16-26-22(23-4)25-14-17-9-10-19(20(13-17)28-5)29-12-11-27(7-2)8-3/h9-10,13,15H,6-8,11-12,14,16H2,1-5H3,(H2,23,25,26). The van der Waals surface area contributed by atoms with E-state index in [0.29, 0.717) is 19.7 Å². The number of likely N-dealkylation sites (N-methyl/N-ethyl adjacent to an activating group) is 1. The summed E-state index contributed by atoms with van der Waals surface area (Å²) in [6.07, 6.45) is 2.96. The van der Waals surface area contributed by atoms with Crippen molar-refractivity contribution in [1.82, 2.24) is 20.5 Å². The number of thiazole rings is 1. The van der Waals surface area contributed by atoms with Gasteiger partial charge in [-0.05, 0) is 37.2 Å². The van der Waals surface area contributed by atoms with Crippen molar-refractivity contribution in [2.45, 2.75) is 40.3 Å². The number of aliphatic imine (C=N–C) groups is 1. The Bertz CT molecular complexity index is 790. The number of hydrogen-bond acceptors (Lipinski definition) is 6. The van der Waals surface area contributed by atoms with Crippen LogP contribution in [0.3, 0.4) is 0 Å². The highest BCUT2D eigenvalue weighted by atomic mass is 32.1. The number of aryl methyl sites for hydroxylation is 1. The molecule has 7 nitrogen and oxygen atoms in total. The van der Waals surface area contributed by atoms with Crippen LogP contribution in [0.25, 0.3) is 0 Å². The van der Waals surface area contributed by atoms with E-state index >= 15 is 0 Å². The first-order valence-corrected chi connectivity index (χ1v) is 11.3. The fourth-order valence-electron chi connectivity index (χ4n) is 2.92. The molecule has 0 atom stereocenters. The zero-order valence-corrected chi connectivity index (χ0v) is 19.6.